The highest BCUT2D eigenvalue weighted by molar-refractivity contribution is 6.04. The van der Waals surface area contributed by atoms with E-state index in [9.17, 15) is 9.70 Å². The van der Waals surface area contributed by atoms with Gasteiger partial charge in [-0.2, -0.15) is 0 Å². The molecule has 0 spiro atoms. The summed E-state index contributed by atoms with van der Waals surface area (Å²) < 4.78 is 0. The molecule has 0 aliphatic rings. The van der Waals surface area contributed by atoms with Gasteiger partial charge in [-0.3, -0.25) is 4.79 Å². The Bertz CT molecular complexity index is 521. The number of anilines is 1. The van der Waals surface area contributed by atoms with Crippen molar-refractivity contribution in [2.75, 3.05) is 5.32 Å². The zero-order valence-corrected chi connectivity index (χ0v) is 8.96. The van der Waals surface area contributed by atoms with Gasteiger partial charge in [0, 0.05) is 11.3 Å². The third-order valence-electron chi connectivity index (χ3n) is 2.27. The fraction of sp³-hybridized carbons (Fsp3) is 0. The van der Waals surface area contributed by atoms with Gasteiger partial charge < -0.3 is 5.32 Å². The van der Waals surface area contributed by atoms with Gasteiger partial charge in [0.2, 0.25) is 0 Å². The van der Waals surface area contributed by atoms with Gasteiger partial charge in [0.05, 0.1) is 0 Å². The molecule has 2 aromatic carbocycles. The second-order valence-electron chi connectivity index (χ2n) is 3.46. The first kappa shape index (κ1) is 11.0. The molecule has 0 radical (unpaired) electrons. The number of carbonyl (C=O) groups excluding carboxylic acids is 1. The van der Waals surface area contributed by atoms with Crippen LogP contribution < -0.4 is 5.32 Å². The Kier molecular flexibility index (Phi) is 3.25. The van der Waals surface area contributed by atoms with Crippen molar-refractivity contribution in [1.82, 2.24) is 0 Å². The summed E-state index contributed by atoms with van der Waals surface area (Å²) in [4.78, 5) is 22.0. The van der Waals surface area contributed by atoms with E-state index in [2.05, 4.69) is 10.5 Å². The number of nitrogens with one attached hydrogen (secondary N) is 1. The van der Waals surface area contributed by atoms with Crippen LogP contribution in [-0.2, 0) is 0 Å². The summed E-state index contributed by atoms with van der Waals surface area (Å²) in [5, 5.41) is 5.52. The molecule has 17 heavy (non-hydrogen) atoms. The molecule has 0 bridgehead atoms. The number of para-hydroxylation sites is 1. The average molecular weight is 226 g/mol. The van der Waals surface area contributed by atoms with Crippen LogP contribution >= 0.6 is 0 Å². The molecule has 0 saturated heterocycles. The van der Waals surface area contributed by atoms with Crippen molar-refractivity contribution in [1.29, 1.82) is 0 Å². The van der Waals surface area contributed by atoms with Gasteiger partial charge in [-0.15, -0.1) is 4.91 Å². The molecule has 0 fully saturated rings. The minimum Gasteiger partial charge on any atom is -0.322 e. The molecule has 0 saturated carbocycles. The second kappa shape index (κ2) is 5.03. The van der Waals surface area contributed by atoms with Crippen LogP contribution in [-0.4, -0.2) is 5.91 Å². The number of rotatable bonds is 3. The number of carbonyl (C=O) groups is 1. The molecule has 84 valence electrons. The lowest BCUT2D eigenvalue weighted by Crippen LogP contribution is -2.11. The smallest absolute Gasteiger partial charge is 0.255 e. The summed E-state index contributed by atoms with van der Waals surface area (Å²) in [6.07, 6.45) is 0. The molecule has 4 nitrogen and oxygen atoms in total. The molecule has 0 aliphatic heterocycles. The van der Waals surface area contributed by atoms with Crippen LogP contribution in [0.3, 0.4) is 0 Å². The maximum absolute atomic E-state index is 11.8. The predicted molar refractivity (Wildman–Crippen MR) is 66.3 cm³/mol. The largest absolute Gasteiger partial charge is 0.322 e. The SMILES string of the molecule is O=Nc1ccc(C(=O)Nc2ccccc2)cc1. The Hall–Kier alpha value is -2.49. The van der Waals surface area contributed by atoms with Crippen molar-refractivity contribution in [3.05, 3.63) is 65.1 Å². The molecule has 0 atom stereocenters. The molecule has 0 aromatic heterocycles. The number of nitroso groups, excluding NO2 is 1. The second-order valence-corrected chi connectivity index (χ2v) is 3.46. The van der Waals surface area contributed by atoms with E-state index in [1.807, 2.05) is 18.2 Å². The van der Waals surface area contributed by atoms with Crippen molar-refractivity contribution in [2.24, 2.45) is 5.18 Å². The Morgan fingerprint density at radius 2 is 1.59 bits per heavy atom. The van der Waals surface area contributed by atoms with E-state index < -0.39 is 0 Å². The number of nitrogens with zero attached hydrogens (tertiary/aromatic N) is 1. The van der Waals surface area contributed by atoms with E-state index in [1.165, 1.54) is 12.1 Å². The Morgan fingerprint density at radius 1 is 0.941 bits per heavy atom. The highest BCUT2D eigenvalue weighted by atomic mass is 16.3. The molecule has 2 rings (SSSR count). The predicted octanol–water partition coefficient (Wildman–Crippen LogP) is 3.34. The van der Waals surface area contributed by atoms with Crippen LogP contribution in [0.25, 0.3) is 0 Å². The third-order valence-corrected chi connectivity index (χ3v) is 2.27. The molecule has 4 heteroatoms. The average Bonchev–Trinajstić information content (AvgIpc) is 2.40. The first-order chi connectivity index (χ1) is 8.29. The molecule has 2 aromatic rings. The molecule has 0 aliphatic carbocycles. The fourth-order valence-electron chi connectivity index (χ4n) is 1.40. The van der Waals surface area contributed by atoms with Crippen LogP contribution in [0.1, 0.15) is 10.4 Å². The van der Waals surface area contributed by atoms with E-state index in [1.54, 1.807) is 24.3 Å². The van der Waals surface area contributed by atoms with E-state index in [4.69, 9.17) is 0 Å². The number of hydrogen-bond donors (Lipinski definition) is 1. The van der Waals surface area contributed by atoms with Crippen LogP contribution in [0.5, 0.6) is 0 Å². The van der Waals surface area contributed by atoms with Gasteiger partial charge in [-0.1, -0.05) is 18.2 Å². The van der Waals surface area contributed by atoms with Crippen LogP contribution in [0.15, 0.2) is 59.8 Å². The lowest BCUT2D eigenvalue weighted by atomic mass is 10.2. The zero-order chi connectivity index (χ0) is 12.1. The quantitative estimate of drug-likeness (QED) is 0.816. The van der Waals surface area contributed by atoms with Gasteiger partial charge in [-0.05, 0) is 41.6 Å². The van der Waals surface area contributed by atoms with Gasteiger partial charge in [-0.25, -0.2) is 0 Å². The molecule has 1 amide bonds. The zero-order valence-electron chi connectivity index (χ0n) is 8.96. The van der Waals surface area contributed by atoms with E-state index >= 15 is 0 Å². The van der Waals surface area contributed by atoms with Crippen molar-refractivity contribution in [3.8, 4) is 0 Å². The minimum absolute atomic E-state index is 0.214. The number of benzene rings is 2. The highest BCUT2D eigenvalue weighted by Gasteiger charge is 2.05. The first-order valence-electron chi connectivity index (χ1n) is 5.09. The summed E-state index contributed by atoms with van der Waals surface area (Å²) in [7, 11) is 0. The molecule has 1 N–H and O–H groups in total. The van der Waals surface area contributed by atoms with Crippen LogP contribution in [0, 0.1) is 4.91 Å². The van der Waals surface area contributed by atoms with Gasteiger partial charge in [0.15, 0.2) is 0 Å². The topological polar surface area (TPSA) is 58.5 Å². The van der Waals surface area contributed by atoms with Crippen molar-refractivity contribution >= 4 is 17.3 Å². The summed E-state index contributed by atoms with van der Waals surface area (Å²) in [5.41, 5.74) is 1.53. The molecule has 0 heterocycles. The van der Waals surface area contributed by atoms with Crippen molar-refractivity contribution < 1.29 is 4.79 Å². The number of hydrogen-bond acceptors (Lipinski definition) is 3. The lowest BCUT2D eigenvalue weighted by molar-refractivity contribution is 0.102. The lowest BCUT2D eigenvalue weighted by Gasteiger charge is -2.04. The molecule has 0 unspecified atom stereocenters. The fourth-order valence-corrected chi connectivity index (χ4v) is 1.40. The van der Waals surface area contributed by atoms with Crippen LogP contribution in [0.4, 0.5) is 11.4 Å². The Morgan fingerprint density at radius 3 is 2.18 bits per heavy atom. The minimum atomic E-state index is -0.214. The normalized spacial score (nSPS) is 9.65. The summed E-state index contributed by atoms with van der Waals surface area (Å²) >= 11 is 0. The monoisotopic (exact) mass is 226 g/mol. The number of amides is 1. The van der Waals surface area contributed by atoms with Crippen molar-refractivity contribution in [3.63, 3.8) is 0 Å². The van der Waals surface area contributed by atoms with E-state index in [-0.39, 0.29) is 5.91 Å². The van der Waals surface area contributed by atoms with Crippen LogP contribution in [0.2, 0.25) is 0 Å². The Labute approximate surface area is 98.3 Å². The summed E-state index contributed by atoms with van der Waals surface area (Å²) in [5.74, 6) is -0.214. The van der Waals surface area contributed by atoms with Gasteiger partial charge >= 0.3 is 0 Å². The third kappa shape index (κ3) is 2.75. The standard InChI is InChI=1S/C13H10N2O2/c16-13(14-11-4-2-1-3-5-11)10-6-8-12(15-17)9-7-10/h1-9H,(H,14,16). The maximum Gasteiger partial charge on any atom is 0.255 e. The maximum atomic E-state index is 11.8. The Balaban J connectivity index is 2.12. The molecular weight excluding hydrogens is 216 g/mol. The van der Waals surface area contributed by atoms with Gasteiger partial charge in [0.25, 0.3) is 5.91 Å². The van der Waals surface area contributed by atoms with E-state index in [0.29, 0.717) is 11.3 Å². The summed E-state index contributed by atoms with van der Waals surface area (Å²) in [6, 6.07) is 15.3. The molecular formula is C13H10N2O2. The first-order valence-corrected chi connectivity index (χ1v) is 5.09. The van der Waals surface area contributed by atoms with Gasteiger partial charge in [0.1, 0.15) is 5.69 Å². The summed E-state index contributed by atoms with van der Waals surface area (Å²) in [6.45, 7) is 0. The van der Waals surface area contributed by atoms with Crippen molar-refractivity contribution in [2.45, 2.75) is 0 Å². The van der Waals surface area contributed by atoms with E-state index in [0.717, 1.165) is 5.69 Å². The highest BCUT2D eigenvalue weighted by Crippen LogP contribution is 2.14.